The fourth-order valence-corrected chi connectivity index (χ4v) is 4.88. The van der Waals surface area contributed by atoms with Gasteiger partial charge in [-0.3, -0.25) is 4.90 Å². The smallest absolute Gasteiger partial charge is 0.475 e. The molecule has 33 heavy (non-hydrogen) atoms. The summed E-state index contributed by atoms with van der Waals surface area (Å²) in [4.78, 5) is 11.6. The van der Waals surface area contributed by atoms with Crippen molar-refractivity contribution < 1.29 is 41.0 Å². The number of aliphatic carboxylic acids is 1. The molecule has 2 N–H and O–H groups in total. The predicted octanol–water partition coefficient (Wildman–Crippen LogP) is 2.57. The molecule has 2 heterocycles. The first-order valence-electron chi connectivity index (χ1n) is 10.6. The number of benzene rings is 1. The minimum atomic E-state index is -5.08. The fraction of sp³-hybridized carbons (Fsp3) is 0.667. The minimum Gasteiger partial charge on any atom is -0.475 e. The first-order valence-corrected chi connectivity index (χ1v) is 12.1. The Hall–Kier alpha value is -1.73. The minimum absolute atomic E-state index is 0.120. The molecule has 2 aliphatic heterocycles. The Morgan fingerprint density at radius 1 is 1.36 bits per heavy atom. The highest BCUT2D eigenvalue weighted by Gasteiger charge is 2.43. The fourth-order valence-electron chi connectivity index (χ4n) is 3.71. The first-order chi connectivity index (χ1) is 15.2. The molecule has 2 unspecified atom stereocenters. The lowest BCUT2D eigenvalue weighted by Crippen LogP contribution is -2.47. The molecule has 0 amide bonds. The Morgan fingerprint density at radius 3 is 2.61 bits per heavy atom. The van der Waals surface area contributed by atoms with Crippen LogP contribution in [-0.4, -0.2) is 81.2 Å². The largest absolute Gasteiger partial charge is 0.490 e. The standard InChI is InChI=1S/C19H30N2O4S.C2HF3O2/c1-15(2)21-9-10-24-14-19(13-21)8-7-17(25-19)12-20-26(22,23)18-6-4-5-16(3)11-18;3-2(4,5)1(6)7/h4-6,11,15,17,20H,7-10,12-14H2,1-3H3;(H,6,7). The Morgan fingerprint density at radius 2 is 2.03 bits per heavy atom. The molecule has 0 radical (unpaired) electrons. The zero-order chi connectivity index (χ0) is 24.9. The quantitative estimate of drug-likeness (QED) is 0.646. The van der Waals surface area contributed by atoms with Crippen LogP contribution in [0.5, 0.6) is 0 Å². The molecule has 3 rings (SSSR count). The molecule has 12 heteroatoms. The Labute approximate surface area is 192 Å². The number of carboxylic acids is 1. The van der Waals surface area contributed by atoms with E-state index in [1.165, 1.54) is 0 Å². The lowest BCUT2D eigenvalue weighted by Gasteiger charge is -2.34. The van der Waals surface area contributed by atoms with E-state index in [-0.39, 0.29) is 11.7 Å². The van der Waals surface area contributed by atoms with E-state index in [0.29, 0.717) is 30.7 Å². The second kappa shape index (κ2) is 11.1. The monoisotopic (exact) mass is 496 g/mol. The van der Waals surface area contributed by atoms with Gasteiger partial charge < -0.3 is 14.6 Å². The molecule has 0 bridgehead atoms. The van der Waals surface area contributed by atoms with Gasteiger partial charge in [0.1, 0.15) is 5.60 Å². The van der Waals surface area contributed by atoms with E-state index in [0.717, 1.165) is 31.5 Å². The van der Waals surface area contributed by atoms with Gasteiger partial charge in [-0.1, -0.05) is 12.1 Å². The van der Waals surface area contributed by atoms with E-state index in [1.54, 1.807) is 18.2 Å². The molecule has 2 fully saturated rings. The summed E-state index contributed by atoms with van der Waals surface area (Å²) >= 11 is 0. The number of halogens is 3. The van der Waals surface area contributed by atoms with Gasteiger partial charge in [-0.2, -0.15) is 13.2 Å². The zero-order valence-electron chi connectivity index (χ0n) is 18.9. The number of nitrogens with one attached hydrogen (secondary N) is 1. The SMILES string of the molecule is Cc1cccc(S(=O)(=O)NCC2CCC3(COCCN(C(C)C)C3)O2)c1.O=C(O)C(F)(F)F. The topological polar surface area (TPSA) is 105 Å². The van der Waals surface area contributed by atoms with E-state index in [4.69, 9.17) is 19.4 Å². The van der Waals surface area contributed by atoms with E-state index < -0.39 is 22.2 Å². The third kappa shape index (κ3) is 8.21. The number of alkyl halides is 3. The lowest BCUT2D eigenvalue weighted by molar-refractivity contribution is -0.192. The number of carbonyl (C=O) groups is 1. The summed E-state index contributed by atoms with van der Waals surface area (Å²) in [5.74, 6) is -2.76. The van der Waals surface area contributed by atoms with Crippen LogP contribution in [-0.2, 0) is 24.3 Å². The Bertz CT molecular complexity index is 910. The van der Waals surface area contributed by atoms with Crippen LogP contribution in [0.4, 0.5) is 13.2 Å². The molecule has 0 aromatic heterocycles. The number of ether oxygens (including phenoxy) is 2. The van der Waals surface area contributed by atoms with Gasteiger partial charge in [0.25, 0.3) is 0 Å². The molecule has 2 atom stereocenters. The number of nitrogens with zero attached hydrogens (tertiary/aromatic N) is 1. The number of rotatable bonds is 5. The second-order valence-corrected chi connectivity index (χ2v) is 10.3. The number of hydrogen-bond acceptors (Lipinski definition) is 6. The van der Waals surface area contributed by atoms with Crippen molar-refractivity contribution in [3.63, 3.8) is 0 Å². The van der Waals surface area contributed by atoms with Gasteiger partial charge in [0.2, 0.25) is 10.0 Å². The van der Waals surface area contributed by atoms with Crippen molar-refractivity contribution in [3.8, 4) is 0 Å². The maximum absolute atomic E-state index is 12.5. The maximum Gasteiger partial charge on any atom is 0.490 e. The highest BCUT2D eigenvalue weighted by Crippen LogP contribution is 2.33. The third-order valence-electron chi connectivity index (χ3n) is 5.49. The number of sulfonamides is 1. The normalized spacial score (nSPS) is 24.4. The van der Waals surface area contributed by atoms with Crippen LogP contribution in [0.1, 0.15) is 32.3 Å². The van der Waals surface area contributed by atoms with E-state index in [9.17, 15) is 21.6 Å². The summed E-state index contributed by atoms with van der Waals surface area (Å²) in [6.45, 7) is 9.59. The summed E-state index contributed by atoms with van der Waals surface area (Å²) in [6.07, 6.45) is -3.47. The summed E-state index contributed by atoms with van der Waals surface area (Å²) in [7, 11) is -3.52. The van der Waals surface area contributed by atoms with Crippen molar-refractivity contribution in [1.29, 1.82) is 0 Å². The molecule has 1 aromatic carbocycles. The predicted molar refractivity (Wildman–Crippen MR) is 114 cm³/mol. The van der Waals surface area contributed by atoms with Gasteiger partial charge in [-0.25, -0.2) is 17.9 Å². The highest BCUT2D eigenvalue weighted by atomic mass is 32.2. The van der Waals surface area contributed by atoms with Crippen LogP contribution >= 0.6 is 0 Å². The molecule has 1 aromatic rings. The van der Waals surface area contributed by atoms with Gasteiger partial charge in [-0.15, -0.1) is 0 Å². The van der Waals surface area contributed by atoms with E-state index in [2.05, 4.69) is 23.5 Å². The van der Waals surface area contributed by atoms with Crippen LogP contribution < -0.4 is 4.72 Å². The van der Waals surface area contributed by atoms with Crippen LogP contribution in [0.2, 0.25) is 0 Å². The molecule has 1 spiro atoms. The molecule has 2 saturated heterocycles. The zero-order valence-corrected chi connectivity index (χ0v) is 19.7. The van der Waals surface area contributed by atoms with E-state index >= 15 is 0 Å². The van der Waals surface area contributed by atoms with Gasteiger partial charge in [0.05, 0.1) is 24.2 Å². The van der Waals surface area contributed by atoms with Gasteiger partial charge in [0.15, 0.2) is 0 Å². The molecule has 0 aliphatic carbocycles. The van der Waals surface area contributed by atoms with Crippen LogP contribution in [0.15, 0.2) is 29.2 Å². The first kappa shape index (κ1) is 27.5. The summed E-state index contributed by atoms with van der Waals surface area (Å²) in [5.41, 5.74) is 0.605. The van der Waals surface area contributed by atoms with Crippen molar-refractivity contribution in [1.82, 2.24) is 9.62 Å². The number of carboxylic acid groups (broad SMARTS) is 1. The summed E-state index contributed by atoms with van der Waals surface area (Å²) < 4.78 is 71.6. The second-order valence-electron chi connectivity index (χ2n) is 8.55. The lowest BCUT2D eigenvalue weighted by atomic mass is 9.99. The average Bonchev–Trinajstić information content (AvgIpc) is 2.98. The van der Waals surface area contributed by atoms with Gasteiger partial charge in [-0.05, 0) is 51.3 Å². The highest BCUT2D eigenvalue weighted by molar-refractivity contribution is 7.89. The third-order valence-corrected chi connectivity index (χ3v) is 6.91. The van der Waals surface area contributed by atoms with Crippen molar-refractivity contribution >= 4 is 16.0 Å². The molecular weight excluding hydrogens is 465 g/mol. The van der Waals surface area contributed by atoms with E-state index in [1.807, 2.05) is 13.0 Å². The van der Waals surface area contributed by atoms with Gasteiger partial charge in [0, 0.05) is 25.7 Å². The number of hydrogen-bond donors (Lipinski definition) is 2. The maximum atomic E-state index is 12.5. The average molecular weight is 497 g/mol. The van der Waals surface area contributed by atoms with Gasteiger partial charge >= 0.3 is 12.1 Å². The van der Waals surface area contributed by atoms with Crippen LogP contribution in [0.25, 0.3) is 0 Å². The summed E-state index contributed by atoms with van der Waals surface area (Å²) in [6, 6.07) is 7.38. The van der Waals surface area contributed by atoms with Crippen LogP contribution in [0, 0.1) is 6.92 Å². The Balaban J connectivity index is 0.000000479. The summed E-state index contributed by atoms with van der Waals surface area (Å²) in [5, 5.41) is 7.12. The van der Waals surface area contributed by atoms with Crippen molar-refractivity contribution in [2.24, 2.45) is 0 Å². The molecular formula is C21H31F3N2O6S. The van der Waals surface area contributed by atoms with Crippen LogP contribution in [0.3, 0.4) is 0 Å². The van der Waals surface area contributed by atoms with Crippen molar-refractivity contribution in [3.05, 3.63) is 29.8 Å². The molecule has 188 valence electrons. The number of aryl methyl sites for hydroxylation is 1. The van der Waals surface area contributed by atoms with Crippen molar-refractivity contribution in [2.75, 3.05) is 32.8 Å². The molecule has 8 nitrogen and oxygen atoms in total. The molecule has 0 saturated carbocycles. The van der Waals surface area contributed by atoms with Crippen molar-refractivity contribution in [2.45, 2.75) is 62.4 Å². The Kier molecular flexibility index (Phi) is 9.28. The molecule has 2 aliphatic rings.